The molecule has 0 atom stereocenters. The van der Waals surface area contributed by atoms with Gasteiger partial charge in [0.1, 0.15) is 5.76 Å². The summed E-state index contributed by atoms with van der Waals surface area (Å²) in [6.07, 6.45) is 2.66. The van der Waals surface area contributed by atoms with E-state index in [9.17, 15) is 4.79 Å². The van der Waals surface area contributed by atoms with Crippen LogP contribution >= 0.6 is 23.1 Å². The Morgan fingerprint density at radius 1 is 1.22 bits per heavy atom. The number of nitrogens with one attached hydrogen (secondary N) is 1. The van der Waals surface area contributed by atoms with Gasteiger partial charge in [0.15, 0.2) is 4.34 Å². The maximum atomic E-state index is 12.4. The Bertz CT molecular complexity index is 847. The van der Waals surface area contributed by atoms with Crippen LogP contribution in [0.3, 0.4) is 0 Å². The number of nitrogens with zero attached hydrogens (tertiary/aromatic N) is 3. The van der Waals surface area contributed by atoms with E-state index in [1.54, 1.807) is 11.2 Å². The molecule has 0 aliphatic rings. The molecular weight excluding hydrogens is 380 g/mol. The number of furan rings is 1. The highest BCUT2D eigenvalue weighted by molar-refractivity contribution is 8.01. The Labute approximate surface area is 167 Å². The minimum atomic E-state index is 0.0693. The SMILES string of the molecule is CCc1ccc(CN(C)C(=O)CSc2nnc(NCc3ccco3)s2)cc1. The summed E-state index contributed by atoms with van der Waals surface area (Å²) in [5, 5.41) is 12.1. The van der Waals surface area contributed by atoms with Gasteiger partial charge in [0.25, 0.3) is 0 Å². The molecule has 3 aromatic rings. The fraction of sp³-hybridized carbons (Fsp3) is 0.316. The molecule has 0 aliphatic heterocycles. The number of anilines is 1. The van der Waals surface area contributed by atoms with Gasteiger partial charge in [0, 0.05) is 13.6 Å². The van der Waals surface area contributed by atoms with E-state index in [1.807, 2.05) is 19.2 Å². The standard InChI is InChI=1S/C19H22N4O2S2/c1-3-14-6-8-15(9-7-14)12-23(2)17(24)13-26-19-22-21-18(27-19)20-11-16-5-4-10-25-16/h4-10H,3,11-13H2,1-2H3,(H,20,21). The first-order valence-electron chi connectivity index (χ1n) is 8.68. The minimum absolute atomic E-state index is 0.0693. The molecule has 1 aromatic carbocycles. The van der Waals surface area contributed by atoms with Crippen LogP contribution in [0.4, 0.5) is 5.13 Å². The maximum Gasteiger partial charge on any atom is 0.233 e. The van der Waals surface area contributed by atoms with Crippen molar-refractivity contribution in [2.24, 2.45) is 0 Å². The molecule has 0 spiro atoms. The highest BCUT2D eigenvalue weighted by Crippen LogP contribution is 2.26. The van der Waals surface area contributed by atoms with E-state index in [-0.39, 0.29) is 5.91 Å². The summed E-state index contributed by atoms with van der Waals surface area (Å²) in [6.45, 7) is 3.30. The Balaban J connectivity index is 1.43. The first-order chi connectivity index (χ1) is 13.1. The molecule has 0 aliphatic carbocycles. The zero-order valence-corrected chi connectivity index (χ0v) is 17.0. The number of amides is 1. The summed E-state index contributed by atoms with van der Waals surface area (Å²) < 4.78 is 6.04. The quantitative estimate of drug-likeness (QED) is 0.544. The fourth-order valence-corrected chi connectivity index (χ4v) is 4.08. The molecule has 8 heteroatoms. The molecule has 142 valence electrons. The summed E-state index contributed by atoms with van der Waals surface area (Å²) in [5.41, 5.74) is 2.43. The molecule has 0 radical (unpaired) electrons. The van der Waals surface area contributed by atoms with Crippen LogP contribution in [0.1, 0.15) is 23.8 Å². The van der Waals surface area contributed by atoms with Crippen LogP contribution in [0.15, 0.2) is 51.4 Å². The maximum absolute atomic E-state index is 12.4. The number of rotatable bonds is 9. The van der Waals surface area contributed by atoms with Gasteiger partial charge in [-0.25, -0.2) is 0 Å². The molecule has 27 heavy (non-hydrogen) atoms. The smallest absolute Gasteiger partial charge is 0.233 e. The van der Waals surface area contributed by atoms with Gasteiger partial charge < -0.3 is 14.6 Å². The number of aromatic nitrogens is 2. The predicted octanol–water partition coefficient (Wildman–Crippen LogP) is 4.06. The topological polar surface area (TPSA) is 71.3 Å². The molecule has 0 saturated heterocycles. The Kier molecular flexibility index (Phi) is 6.89. The van der Waals surface area contributed by atoms with E-state index in [0.717, 1.165) is 22.1 Å². The van der Waals surface area contributed by atoms with Crippen LogP contribution in [-0.4, -0.2) is 33.8 Å². The fourth-order valence-electron chi connectivity index (χ4n) is 2.39. The van der Waals surface area contributed by atoms with Gasteiger partial charge in [0.05, 0.1) is 18.6 Å². The lowest BCUT2D eigenvalue weighted by atomic mass is 10.1. The third-order valence-electron chi connectivity index (χ3n) is 4.00. The van der Waals surface area contributed by atoms with Gasteiger partial charge >= 0.3 is 0 Å². The van der Waals surface area contributed by atoms with E-state index >= 15 is 0 Å². The molecule has 2 heterocycles. The molecule has 0 saturated carbocycles. The summed E-state index contributed by atoms with van der Waals surface area (Å²) >= 11 is 2.84. The molecule has 0 unspecified atom stereocenters. The van der Waals surface area contributed by atoms with Gasteiger partial charge in [-0.15, -0.1) is 10.2 Å². The molecule has 1 amide bonds. The Hall–Kier alpha value is -2.32. The number of aryl methyl sites for hydroxylation is 1. The number of carbonyl (C=O) groups excluding carboxylic acids is 1. The summed E-state index contributed by atoms with van der Waals surface area (Å²) in [4.78, 5) is 14.1. The third-order valence-corrected chi connectivity index (χ3v) is 6.00. The third kappa shape index (κ3) is 5.83. The van der Waals surface area contributed by atoms with Gasteiger partial charge in [-0.3, -0.25) is 4.79 Å². The molecular formula is C19H22N4O2S2. The number of hydrogen-bond acceptors (Lipinski definition) is 7. The van der Waals surface area contributed by atoms with Crippen molar-refractivity contribution >= 4 is 34.1 Å². The van der Waals surface area contributed by atoms with E-state index < -0.39 is 0 Å². The van der Waals surface area contributed by atoms with Crippen molar-refractivity contribution in [3.8, 4) is 0 Å². The molecule has 3 rings (SSSR count). The monoisotopic (exact) mass is 402 g/mol. The average Bonchev–Trinajstić information content (AvgIpc) is 3.36. The Morgan fingerprint density at radius 3 is 2.70 bits per heavy atom. The van der Waals surface area contributed by atoms with E-state index in [0.29, 0.717) is 24.0 Å². The highest BCUT2D eigenvalue weighted by atomic mass is 32.2. The second-order valence-corrected chi connectivity index (χ2v) is 8.21. The van der Waals surface area contributed by atoms with Gasteiger partial charge in [0.2, 0.25) is 11.0 Å². The summed E-state index contributed by atoms with van der Waals surface area (Å²) in [5.74, 6) is 1.25. The first kappa shape index (κ1) is 19.4. The lowest BCUT2D eigenvalue weighted by Gasteiger charge is -2.17. The first-order valence-corrected chi connectivity index (χ1v) is 10.5. The second-order valence-electron chi connectivity index (χ2n) is 6.01. The van der Waals surface area contributed by atoms with Crippen molar-refractivity contribution in [3.05, 3.63) is 59.5 Å². The number of carbonyl (C=O) groups is 1. The van der Waals surface area contributed by atoms with Crippen LogP contribution in [-0.2, 0) is 24.3 Å². The van der Waals surface area contributed by atoms with Crippen molar-refractivity contribution < 1.29 is 9.21 Å². The van der Waals surface area contributed by atoms with Crippen molar-refractivity contribution in [3.63, 3.8) is 0 Å². The lowest BCUT2D eigenvalue weighted by Crippen LogP contribution is -2.27. The van der Waals surface area contributed by atoms with Gasteiger partial charge in [-0.1, -0.05) is 54.3 Å². The number of benzene rings is 1. The predicted molar refractivity (Wildman–Crippen MR) is 109 cm³/mol. The minimum Gasteiger partial charge on any atom is -0.467 e. The number of thioether (sulfide) groups is 1. The average molecular weight is 403 g/mol. The van der Waals surface area contributed by atoms with Crippen LogP contribution in [0.2, 0.25) is 0 Å². The van der Waals surface area contributed by atoms with Crippen molar-refractivity contribution in [2.75, 3.05) is 18.1 Å². The Morgan fingerprint density at radius 2 is 2.00 bits per heavy atom. The lowest BCUT2D eigenvalue weighted by molar-refractivity contribution is -0.127. The van der Waals surface area contributed by atoms with Crippen LogP contribution in [0.25, 0.3) is 0 Å². The van der Waals surface area contributed by atoms with E-state index in [4.69, 9.17) is 4.42 Å². The van der Waals surface area contributed by atoms with Crippen molar-refractivity contribution in [1.82, 2.24) is 15.1 Å². The molecule has 1 N–H and O–H groups in total. The van der Waals surface area contributed by atoms with Crippen LogP contribution in [0, 0.1) is 0 Å². The molecule has 6 nitrogen and oxygen atoms in total. The van der Waals surface area contributed by atoms with Crippen LogP contribution in [0.5, 0.6) is 0 Å². The summed E-state index contributed by atoms with van der Waals surface area (Å²) in [7, 11) is 1.83. The highest BCUT2D eigenvalue weighted by Gasteiger charge is 2.12. The molecule has 0 bridgehead atoms. The molecule has 0 fully saturated rings. The largest absolute Gasteiger partial charge is 0.467 e. The van der Waals surface area contributed by atoms with E-state index in [1.165, 1.54) is 28.7 Å². The van der Waals surface area contributed by atoms with E-state index in [2.05, 4.69) is 46.7 Å². The van der Waals surface area contributed by atoms with Crippen LogP contribution < -0.4 is 5.32 Å². The normalized spacial score (nSPS) is 10.7. The van der Waals surface area contributed by atoms with Gasteiger partial charge in [-0.05, 0) is 29.7 Å². The number of hydrogen-bond donors (Lipinski definition) is 1. The van der Waals surface area contributed by atoms with Crippen molar-refractivity contribution in [1.29, 1.82) is 0 Å². The van der Waals surface area contributed by atoms with Gasteiger partial charge in [-0.2, -0.15) is 0 Å². The zero-order valence-electron chi connectivity index (χ0n) is 15.3. The van der Waals surface area contributed by atoms with Crippen molar-refractivity contribution in [2.45, 2.75) is 30.8 Å². The summed E-state index contributed by atoms with van der Waals surface area (Å²) in [6, 6.07) is 12.1. The zero-order chi connectivity index (χ0) is 19.1. The molecule has 2 aromatic heterocycles. The second kappa shape index (κ2) is 9.57.